The SMILES string of the molecule is CC.CC.CC1CN(C)C12CCN(c1ncnc3[nH]ccc13)C2.CN1CC(C)(C)C12CCN(c1ncnc3[nH]ccc13)C2.CN1CCC12CCN(c1ncnc3[nH]ccc13)C2. The molecule has 3 N–H and O–H groups in total. The zero-order valence-electron chi connectivity index (χ0n) is 38.3. The van der Waals surface area contributed by atoms with E-state index in [1.54, 1.807) is 19.0 Å². The van der Waals surface area contributed by atoms with E-state index in [1.165, 1.54) is 45.3 Å². The average Bonchev–Trinajstić information content (AvgIpc) is 4.14. The maximum Gasteiger partial charge on any atom is 0.142 e. The van der Waals surface area contributed by atoms with Crippen molar-refractivity contribution in [3.63, 3.8) is 0 Å². The molecule has 6 fully saturated rings. The van der Waals surface area contributed by atoms with E-state index in [1.807, 2.05) is 46.3 Å². The number of rotatable bonds is 3. The molecule has 12 heterocycles. The van der Waals surface area contributed by atoms with E-state index in [0.29, 0.717) is 22.0 Å². The number of likely N-dealkylation sites (N-methyl/N-ethyl adjacent to an activating group) is 3. The van der Waals surface area contributed by atoms with Gasteiger partial charge in [0.25, 0.3) is 0 Å². The van der Waals surface area contributed by atoms with Crippen molar-refractivity contribution in [3.05, 3.63) is 55.8 Å². The van der Waals surface area contributed by atoms with Gasteiger partial charge in [-0.3, -0.25) is 14.7 Å². The lowest BCUT2D eigenvalue weighted by molar-refractivity contribution is -0.108. The van der Waals surface area contributed by atoms with Gasteiger partial charge in [0.2, 0.25) is 0 Å². The van der Waals surface area contributed by atoms with Gasteiger partial charge in [-0.15, -0.1) is 0 Å². The summed E-state index contributed by atoms with van der Waals surface area (Å²) >= 11 is 0. The highest BCUT2D eigenvalue weighted by molar-refractivity contribution is 5.89. The molecule has 4 unspecified atom stereocenters. The van der Waals surface area contributed by atoms with Crippen LogP contribution in [0.15, 0.2) is 55.8 Å². The van der Waals surface area contributed by atoms with E-state index in [0.717, 1.165) is 95.7 Å². The fourth-order valence-corrected chi connectivity index (χ4v) is 11.4. The highest BCUT2D eigenvalue weighted by Gasteiger charge is 2.60. The van der Waals surface area contributed by atoms with Crippen LogP contribution in [0, 0.1) is 11.3 Å². The lowest BCUT2D eigenvalue weighted by atomic mass is 9.63. The molecular formula is C46H69N15. The number of hydrogen-bond donors (Lipinski definition) is 3. The van der Waals surface area contributed by atoms with Gasteiger partial charge in [0.15, 0.2) is 0 Å². The van der Waals surface area contributed by atoms with Gasteiger partial charge < -0.3 is 29.7 Å². The van der Waals surface area contributed by atoms with Crippen molar-refractivity contribution >= 4 is 50.6 Å². The third-order valence-corrected chi connectivity index (χ3v) is 15.3. The summed E-state index contributed by atoms with van der Waals surface area (Å²) in [5.74, 6) is 4.02. The summed E-state index contributed by atoms with van der Waals surface area (Å²) in [7, 11) is 6.73. The largest absolute Gasteiger partial charge is 0.354 e. The number of H-pyrrole nitrogens is 3. The van der Waals surface area contributed by atoms with Crippen molar-refractivity contribution in [1.29, 1.82) is 0 Å². The third kappa shape index (κ3) is 7.10. The van der Waals surface area contributed by atoms with E-state index in [2.05, 4.69) is 134 Å². The number of aromatic amines is 3. The van der Waals surface area contributed by atoms with Gasteiger partial charge in [-0.05, 0) is 76.4 Å². The van der Waals surface area contributed by atoms with Gasteiger partial charge >= 0.3 is 0 Å². The monoisotopic (exact) mass is 832 g/mol. The zero-order valence-corrected chi connectivity index (χ0v) is 38.3. The quantitative estimate of drug-likeness (QED) is 0.176. The van der Waals surface area contributed by atoms with Crippen molar-refractivity contribution in [3.8, 4) is 0 Å². The summed E-state index contributed by atoms with van der Waals surface area (Å²) < 4.78 is 0. The molecule has 61 heavy (non-hydrogen) atoms. The Morgan fingerprint density at radius 2 is 0.984 bits per heavy atom. The summed E-state index contributed by atoms with van der Waals surface area (Å²) in [6.45, 7) is 25.3. The molecule has 328 valence electrons. The molecule has 15 heteroatoms. The van der Waals surface area contributed by atoms with Gasteiger partial charge in [0.05, 0.1) is 16.2 Å². The van der Waals surface area contributed by atoms with E-state index in [9.17, 15) is 0 Å². The Morgan fingerprint density at radius 3 is 1.36 bits per heavy atom. The fourth-order valence-electron chi connectivity index (χ4n) is 11.4. The van der Waals surface area contributed by atoms with Crippen molar-refractivity contribution in [2.24, 2.45) is 11.3 Å². The Bertz CT molecular complexity index is 2390. The van der Waals surface area contributed by atoms with Crippen molar-refractivity contribution in [1.82, 2.24) is 59.6 Å². The molecule has 0 radical (unpaired) electrons. The van der Waals surface area contributed by atoms with E-state index in [-0.39, 0.29) is 0 Å². The van der Waals surface area contributed by atoms with Crippen molar-refractivity contribution in [2.75, 3.05) is 94.7 Å². The summed E-state index contributed by atoms with van der Waals surface area (Å²) in [6.07, 6.45) is 15.8. The normalized spacial score (nSPS) is 27.8. The molecule has 6 aliphatic rings. The molecule has 0 aromatic carbocycles. The van der Waals surface area contributed by atoms with Gasteiger partial charge in [0, 0.05) is 94.1 Å². The van der Waals surface area contributed by atoms with Gasteiger partial charge in [-0.2, -0.15) is 0 Å². The van der Waals surface area contributed by atoms with Crippen LogP contribution < -0.4 is 14.7 Å². The maximum absolute atomic E-state index is 4.53. The van der Waals surface area contributed by atoms with Crippen LogP contribution in [-0.4, -0.2) is 156 Å². The second-order valence-electron chi connectivity index (χ2n) is 18.4. The summed E-state index contributed by atoms with van der Waals surface area (Å²) in [6, 6.07) is 6.22. The number of fused-ring (bicyclic) bond motifs is 3. The predicted octanol–water partition coefficient (Wildman–Crippen LogP) is 6.66. The first kappa shape index (κ1) is 42.8. The van der Waals surface area contributed by atoms with Gasteiger partial charge in [0.1, 0.15) is 53.4 Å². The van der Waals surface area contributed by atoms with Crippen LogP contribution >= 0.6 is 0 Å². The minimum Gasteiger partial charge on any atom is -0.354 e. The van der Waals surface area contributed by atoms with E-state index >= 15 is 0 Å². The van der Waals surface area contributed by atoms with E-state index in [4.69, 9.17) is 0 Å². The Morgan fingerprint density at radius 1 is 0.525 bits per heavy atom. The van der Waals surface area contributed by atoms with Crippen LogP contribution in [0.5, 0.6) is 0 Å². The topological polar surface area (TPSA) is 144 Å². The van der Waals surface area contributed by atoms with Crippen LogP contribution in [0.2, 0.25) is 0 Å². The summed E-state index contributed by atoms with van der Waals surface area (Å²) in [5.41, 5.74) is 4.27. The molecule has 0 bridgehead atoms. The second kappa shape index (κ2) is 16.8. The lowest BCUT2D eigenvalue weighted by Crippen LogP contribution is -2.71. The molecule has 12 rings (SSSR count). The molecular weight excluding hydrogens is 763 g/mol. The highest BCUT2D eigenvalue weighted by atomic mass is 15.4. The molecule has 6 saturated heterocycles. The molecule has 6 aliphatic heterocycles. The van der Waals surface area contributed by atoms with Crippen LogP contribution in [-0.2, 0) is 0 Å². The third-order valence-electron chi connectivity index (χ3n) is 15.3. The minimum atomic E-state index is 0.306. The van der Waals surface area contributed by atoms with E-state index < -0.39 is 0 Å². The number of anilines is 3. The smallest absolute Gasteiger partial charge is 0.142 e. The first-order valence-electron chi connectivity index (χ1n) is 22.8. The van der Waals surface area contributed by atoms with Crippen LogP contribution in [0.4, 0.5) is 17.5 Å². The lowest BCUT2D eigenvalue weighted by Gasteiger charge is -2.61. The predicted molar refractivity (Wildman–Crippen MR) is 248 cm³/mol. The highest BCUT2D eigenvalue weighted by Crippen LogP contribution is 2.52. The Kier molecular flexibility index (Phi) is 11.8. The second-order valence-corrected chi connectivity index (χ2v) is 18.4. The fraction of sp³-hybridized carbons (Fsp3) is 0.609. The Balaban J connectivity index is 0.000000121. The van der Waals surface area contributed by atoms with Crippen molar-refractivity contribution in [2.45, 2.75) is 90.8 Å². The number of likely N-dealkylation sites (tertiary alicyclic amines) is 3. The summed E-state index contributed by atoms with van der Waals surface area (Å²) in [4.78, 5) is 50.6. The number of hydrogen-bond acceptors (Lipinski definition) is 12. The molecule has 6 aromatic rings. The molecule has 0 saturated carbocycles. The average molecular weight is 832 g/mol. The Hall–Kier alpha value is -4.86. The summed E-state index contributed by atoms with van der Waals surface area (Å²) in [5, 5.41) is 3.40. The zero-order chi connectivity index (χ0) is 43.2. The van der Waals surface area contributed by atoms with Crippen LogP contribution in [0.25, 0.3) is 33.1 Å². The number of nitrogens with one attached hydrogen (secondary N) is 3. The minimum absolute atomic E-state index is 0.306. The van der Waals surface area contributed by atoms with Crippen molar-refractivity contribution < 1.29 is 0 Å². The van der Waals surface area contributed by atoms with Crippen LogP contribution in [0.1, 0.15) is 74.1 Å². The molecule has 6 aromatic heterocycles. The van der Waals surface area contributed by atoms with Gasteiger partial charge in [-0.25, -0.2) is 29.9 Å². The van der Waals surface area contributed by atoms with Gasteiger partial charge in [-0.1, -0.05) is 48.5 Å². The maximum atomic E-state index is 4.53. The Labute approximate surface area is 361 Å². The molecule has 4 atom stereocenters. The first-order valence-corrected chi connectivity index (χ1v) is 22.8. The molecule has 3 spiro atoms. The number of nitrogens with zero attached hydrogens (tertiary/aromatic N) is 12. The molecule has 15 nitrogen and oxygen atoms in total. The first-order chi connectivity index (χ1) is 29.5. The standard InChI is InChI=1S/C15H21N5.C14H19N5.C13H17N5.2C2H6/c1-14(2)8-19(3)15(14)5-7-20(9-15)13-11-4-6-16-12(11)17-10-18-13;1-10-7-18(2)14(10)4-6-19(8-14)13-11-3-5-15-12(11)16-9-17-13;1-17-6-3-13(17)4-7-18(8-13)12-10-2-5-14-11(10)15-9-16-12;2*1-2/h4,6,10H,5,7-9H2,1-3H3,(H,16,17,18);3,5,9-10H,4,6-8H2,1-2H3,(H,15,16,17);2,5,9H,3-4,6-8H2,1H3,(H,14,15,16);2*1-2H3. The molecule has 0 aliphatic carbocycles. The number of aromatic nitrogens is 9. The molecule has 0 amide bonds. The van der Waals surface area contributed by atoms with Crippen LogP contribution in [0.3, 0.4) is 0 Å².